The molecule has 0 bridgehead atoms. The van der Waals surface area contributed by atoms with Crippen molar-refractivity contribution in [3.05, 3.63) is 191 Å². The molecule has 0 saturated carbocycles. The average molecular weight is 536 g/mol. The number of carbonyl (C=O) groups is 2. The van der Waals surface area contributed by atoms with Gasteiger partial charge in [0.25, 0.3) is 5.91 Å². The lowest BCUT2D eigenvalue weighted by atomic mass is 9.79. The fraction of sp³-hybridized carbons (Fsp3) is 0.0811. The highest BCUT2D eigenvalue weighted by Crippen LogP contribution is 2.50. The maximum Gasteiger partial charge on any atom is 0.343 e. The van der Waals surface area contributed by atoms with Crippen molar-refractivity contribution in [1.82, 2.24) is 4.90 Å². The molecular formula is C37H29NO3. The van der Waals surface area contributed by atoms with Crippen LogP contribution in [-0.2, 0) is 4.74 Å². The largest absolute Gasteiger partial charge is 0.427 e. The average Bonchev–Trinajstić information content (AvgIpc) is 3.06. The van der Waals surface area contributed by atoms with Gasteiger partial charge in [-0.15, -0.1) is 0 Å². The fourth-order valence-corrected chi connectivity index (χ4v) is 5.57. The Kier molecular flexibility index (Phi) is 7.55. The molecule has 41 heavy (non-hydrogen) atoms. The van der Waals surface area contributed by atoms with Crippen molar-refractivity contribution in [3.8, 4) is 0 Å². The van der Waals surface area contributed by atoms with Crippen LogP contribution in [0.2, 0.25) is 0 Å². The highest BCUT2D eigenvalue weighted by Gasteiger charge is 2.44. The Morgan fingerprint density at radius 3 is 1.49 bits per heavy atom. The van der Waals surface area contributed by atoms with Crippen molar-refractivity contribution in [2.45, 2.75) is 18.0 Å². The van der Waals surface area contributed by atoms with Gasteiger partial charge in [-0.2, -0.15) is 0 Å². The molecule has 0 spiro atoms. The van der Waals surface area contributed by atoms with E-state index in [9.17, 15) is 9.59 Å². The van der Waals surface area contributed by atoms with Crippen LogP contribution >= 0.6 is 0 Å². The third-order valence-corrected chi connectivity index (χ3v) is 7.46. The van der Waals surface area contributed by atoms with Gasteiger partial charge in [0.05, 0.1) is 23.6 Å². The SMILES string of the molecule is O=C(OC1=CC(c2ccccc2)N(C(=O)c2ccccc2)C(c2ccccc2)C1c1ccccc1)c1ccccc1. The third-order valence-electron chi connectivity index (χ3n) is 7.46. The minimum Gasteiger partial charge on any atom is -0.427 e. The number of rotatable bonds is 6. The lowest BCUT2D eigenvalue weighted by molar-refractivity contribution is 0.0428. The van der Waals surface area contributed by atoms with E-state index in [1.165, 1.54) is 0 Å². The van der Waals surface area contributed by atoms with Crippen molar-refractivity contribution in [2.75, 3.05) is 0 Å². The first-order chi connectivity index (χ1) is 20.2. The van der Waals surface area contributed by atoms with Crippen LogP contribution in [0, 0.1) is 0 Å². The van der Waals surface area contributed by atoms with Gasteiger partial charge in [0, 0.05) is 5.56 Å². The summed E-state index contributed by atoms with van der Waals surface area (Å²) in [6.07, 6.45) is 1.94. The molecule has 4 heteroatoms. The number of esters is 1. The number of carbonyl (C=O) groups excluding carboxylic acids is 2. The predicted molar refractivity (Wildman–Crippen MR) is 160 cm³/mol. The molecule has 6 rings (SSSR count). The van der Waals surface area contributed by atoms with Gasteiger partial charge in [-0.25, -0.2) is 4.79 Å². The lowest BCUT2D eigenvalue weighted by Gasteiger charge is -2.46. The summed E-state index contributed by atoms with van der Waals surface area (Å²) < 4.78 is 6.27. The molecule has 1 heterocycles. The topological polar surface area (TPSA) is 46.6 Å². The number of nitrogens with zero attached hydrogens (tertiary/aromatic N) is 1. The monoisotopic (exact) mass is 535 g/mol. The van der Waals surface area contributed by atoms with E-state index in [1.807, 2.05) is 151 Å². The number of hydrogen-bond acceptors (Lipinski definition) is 3. The second-order valence-corrected chi connectivity index (χ2v) is 10.0. The van der Waals surface area contributed by atoms with E-state index in [-0.39, 0.29) is 5.91 Å². The van der Waals surface area contributed by atoms with Gasteiger partial charge in [0.2, 0.25) is 0 Å². The number of benzene rings is 5. The molecule has 0 saturated heterocycles. The van der Waals surface area contributed by atoms with E-state index in [2.05, 4.69) is 0 Å². The van der Waals surface area contributed by atoms with Gasteiger partial charge >= 0.3 is 5.97 Å². The second-order valence-electron chi connectivity index (χ2n) is 10.0. The van der Waals surface area contributed by atoms with E-state index in [0.717, 1.165) is 16.7 Å². The van der Waals surface area contributed by atoms with E-state index in [0.29, 0.717) is 16.9 Å². The summed E-state index contributed by atoms with van der Waals surface area (Å²) in [6.45, 7) is 0. The first-order valence-corrected chi connectivity index (χ1v) is 13.7. The molecule has 5 aromatic carbocycles. The molecule has 0 radical (unpaired) electrons. The Morgan fingerprint density at radius 1 is 0.512 bits per heavy atom. The fourth-order valence-electron chi connectivity index (χ4n) is 5.57. The summed E-state index contributed by atoms with van der Waals surface area (Å²) in [7, 11) is 0. The Balaban J connectivity index is 1.59. The van der Waals surface area contributed by atoms with Crippen LogP contribution in [-0.4, -0.2) is 16.8 Å². The maximum absolute atomic E-state index is 14.5. The normalized spacial score (nSPS) is 18.3. The zero-order chi connectivity index (χ0) is 28.0. The summed E-state index contributed by atoms with van der Waals surface area (Å²) in [6, 6.07) is 47.3. The van der Waals surface area contributed by atoms with E-state index >= 15 is 0 Å². The van der Waals surface area contributed by atoms with Crippen molar-refractivity contribution < 1.29 is 14.3 Å². The minimum atomic E-state index is -0.479. The molecule has 1 aliphatic rings. The quantitative estimate of drug-likeness (QED) is 0.206. The van der Waals surface area contributed by atoms with Crippen LogP contribution in [0.25, 0.3) is 0 Å². The summed E-state index contributed by atoms with van der Waals surface area (Å²) >= 11 is 0. The molecule has 3 unspecified atom stereocenters. The molecule has 0 N–H and O–H groups in total. The standard InChI is InChI=1S/C37H29NO3/c39-36(30-22-12-4-13-23-30)38-32(27-16-6-1-7-17-27)26-33(41-37(40)31-24-14-5-15-25-31)34(28-18-8-2-9-19-28)35(38)29-20-10-3-11-21-29/h1-26,32,34-35H. The van der Waals surface area contributed by atoms with Crippen LogP contribution in [0.3, 0.4) is 0 Å². The summed E-state index contributed by atoms with van der Waals surface area (Å²) in [5.74, 6) is -0.443. The first kappa shape index (κ1) is 26.0. The molecule has 4 nitrogen and oxygen atoms in total. The van der Waals surface area contributed by atoms with Gasteiger partial charge in [0.15, 0.2) is 0 Å². The summed E-state index contributed by atoms with van der Waals surface area (Å²) in [5.41, 5.74) is 3.89. The van der Waals surface area contributed by atoms with Crippen molar-refractivity contribution >= 4 is 11.9 Å². The second kappa shape index (κ2) is 11.9. The smallest absolute Gasteiger partial charge is 0.343 e. The Morgan fingerprint density at radius 2 is 0.951 bits per heavy atom. The van der Waals surface area contributed by atoms with Crippen LogP contribution in [0.15, 0.2) is 163 Å². The van der Waals surface area contributed by atoms with Gasteiger partial charge in [-0.05, 0) is 47.0 Å². The van der Waals surface area contributed by atoms with Crippen LogP contribution in [0.1, 0.15) is 55.4 Å². The molecule has 1 amide bonds. The highest BCUT2D eigenvalue weighted by atomic mass is 16.5. The van der Waals surface area contributed by atoms with Crippen LogP contribution < -0.4 is 0 Å². The lowest BCUT2D eigenvalue weighted by Crippen LogP contribution is -2.44. The summed E-state index contributed by atoms with van der Waals surface area (Å²) in [4.78, 5) is 29.9. The predicted octanol–water partition coefficient (Wildman–Crippen LogP) is 8.15. The van der Waals surface area contributed by atoms with Gasteiger partial charge in [0.1, 0.15) is 5.76 Å². The molecule has 200 valence electrons. The van der Waals surface area contributed by atoms with Crippen molar-refractivity contribution in [2.24, 2.45) is 0 Å². The Labute approximate surface area is 240 Å². The van der Waals surface area contributed by atoms with Crippen LogP contribution in [0.4, 0.5) is 0 Å². The zero-order valence-corrected chi connectivity index (χ0v) is 22.4. The van der Waals surface area contributed by atoms with E-state index in [4.69, 9.17) is 4.74 Å². The zero-order valence-electron chi connectivity index (χ0n) is 22.4. The van der Waals surface area contributed by atoms with Crippen LogP contribution in [0.5, 0.6) is 0 Å². The van der Waals surface area contributed by atoms with Gasteiger partial charge in [-0.3, -0.25) is 4.79 Å². The van der Waals surface area contributed by atoms with Gasteiger partial charge < -0.3 is 9.64 Å². The van der Waals surface area contributed by atoms with E-state index < -0.39 is 24.0 Å². The first-order valence-electron chi connectivity index (χ1n) is 13.7. The number of amides is 1. The molecule has 1 aliphatic heterocycles. The molecule has 5 aromatic rings. The molecule has 3 atom stereocenters. The third kappa shape index (κ3) is 5.45. The Bertz CT molecular complexity index is 1640. The Hall–Kier alpha value is -5.22. The highest BCUT2D eigenvalue weighted by molar-refractivity contribution is 5.95. The molecule has 0 aromatic heterocycles. The molecule has 0 aliphatic carbocycles. The molecular weight excluding hydrogens is 506 g/mol. The summed E-state index contributed by atoms with van der Waals surface area (Å²) in [5, 5.41) is 0. The molecule has 0 fully saturated rings. The van der Waals surface area contributed by atoms with Crippen molar-refractivity contribution in [3.63, 3.8) is 0 Å². The van der Waals surface area contributed by atoms with Gasteiger partial charge in [-0.1, -0.05) is 127 Å². The van der Waals surface area contributed by atoms with E-state index in [1.54, 1.807) is 12.1 Å². The number of ether oxygens (including phenoxy) is 1. The number of hydrogen-bond donors (Lipinski definition) is 0. The minimum absolute atomic E-state index is 0.0982. The maximum atomic E-state index is 14.5. The van der Waals surface area contributed by atoms with Crippen molar-refractivity contribution in [1.29, 1.82) is 0 Å².